The zero-order chi connectivity index (χ0) is 18.9. The summed E-state index contributed by atoms with van der Waals surface area (Å²) >= 11 is 0. The first-order chi connectivity index (χ1) is 12.2. The standard InChI is InChI=1S/C22H27FO3/c1-15(23)20-13-19(25-21(2,3)4)14-22(24-5,26-20)18-11-10-16-8-6-7-9-17(16)12-18/h6-13,15,19H,14H2,1-5H3/t15?,19-,22+/m1/s1. The van der Waals surface area contributed by atoms with Crippen LogP contribution in [0.3, 0.4) is 0 Å². The molecular weight excluding hydrogens is 331 g/mol. The Morgan fingerprint density at radius 1 is 1.15 bits per heavy atom. The molecule has 0 saturated heterocycles. The molecule has 0 radical (unpaired) electrons. The molecule has 0 amide bonds. The van der Waals surface area contributed by atoms with E-state index in [0.29, 0.717) is 6.42 Å². The summed E-state index contributed by atoms with van der Waals surface area (Å²) < 4.78 is 32.1. The Labute approximate surface area is 154 Å². The average Bonchev–Trinajstić information content (AvgIpc) is 2.59. The Hall–Kier alpha value is -1.91. The molecule has 140 valence electrons. The molecule has 4 heteroatoms. The van der Waals surface area contributed by atoms with E-state index in [-0.39, 0.29) is 17.5 Å². The molecule has 1 aliphatic rings. The predicted molar refractivity (Wildman–Crippen MR) is 102 cm³/mol. The van der Waals surface area contributed by atoms with E-state index in [1.807, 2.05) is 57.2 Å². The van der Waals surface area contributed by atoms with E-state index in [1.165, 1.54) is 6.92 Å². The number of hydrogen-bond donors (Lipinski definition) is 0. The van der Waals surface area contributed by atoms with Crippen molar-refractivity contribution in [2.24, 2.45) is 0 Å². The highest BCUT2D eigenvalue weighted by molar-refractivity contribution is 5.83. The molecular formula is C22H27FO3. The van der Waals surface area contributed by atoms with Gasteiger partial charge < -0.3 is 14.2 Å². The molecule has 1 unspecified atom stereocenters. The third kappa shape index (κ3) is 3.92. The Kier molecular flexibility index (Phi) is 5.09. The first-order valence-corrected chi connectivity index (χ1v) is 8.99. The number of halogens is 1. The highest BCUT2D eigenvalue weighted by atomic mass is 19.1. The van der Waals surface area contributed by atoms with Crippen molar-refractivity contribution in [2.75, 3.05) is 7.11 Å². The van der Waals surface area contributed by atoms with Gasteiger partial charge in [-0.1, -0.05) is 36.4 Å². The van der Waals surface area contributed by atoms with Crippen molar-refractivity contribution in [2.45, 2.75) is 57.8 Å². The molecule has 0 aromatic heterocycles. The molecule has 0 fully saturated rings. The summed E-state index contributed by atoms with van der Waals surface area (Å²) in [5.41, 5.74) is 0.499. The molecule has 2 aromatic carbocycles. The number of benzene rings is 2. The van der Waals surface area contributed by atoms with Gasteiger partial charge in [0.2, 0.25) is 5.79 Å². The fourth-order valence-electron chi connectivity index (χ4n) is 3.36. The van der Waals surface area contributed by atoms with Crippen molar-refractivity contribution in [1.29, 1.82) is 0 Å². The highest BCUT2D eigenvalue weighted by Gasteiger charge is 2.43. The monoisotopic (exact) mass is 358 g/mol. The summed E-state index contributed by atoms with van der Waals surface area (Å²) in [5.74, 6) is -0.829. The molecule has 0 aliphatic carbocycles. The molecule has 3 atom stereocenters. The van der Waals surface area contributed by atoms with Gasteiger partial charge in [0.15, 0.2) is 6.17 Å². The molecule has 0 bridgehead atoms. The largest absolute Gasteiger partial charge is 0.459 e. The van der Waals surface area contributed by atoms with Gasteiger partial charge in [-0.15, -0.1) is 0 Å². The molecule has 26 heavy (non-hydrogen) atoms. The topological polar surface area (TPSA) is 27.7 Å². The maximum Gasteiger partial charge on any atom is 0.239 e. The highest BCUT2D eigenvalue weighted by Crippen LogP contribution is 2.41. The maximum absolute atomic E-state index is 14.1. The van der Waals surface area contributed by atoms with Crippen LogP contribution in [0.4, 0.5) is 4.39 Å². The summed E-state index contributed by atoms with van der Waals surface area (Å²) in [4.78, 5) is 0. The Morgan fingerprint density at radius 3 is 2.46 bits per heavy atom. The van der Waals surface area contributed by atoms with Gasteiger partial charge in [0.05, 0.1) is 11.7 Å². The molecule has 0 spiro atoms. The van der Waals surface area contributed by atoms with Gasteiger partial charge in [0.1, 0.15) is 5.76 Å². The van der Waals surface area contributed by atoms with Gasteiger partial charge in [-0.05, 0) is 50.6 Å². The Bertz CT molecular complexity index is 806. The molecule has 3 rings (SSSR count). The van der Waals surface area contributed by atoms with E-state index < -0.39 is 12.0 Å². The third-order valence-electron chi connectivity index (χ3n) is 4.52. The van der Waals surface area contributed by atoms with E-state index in [1.54, 1.807) is 13.2 Å². The minimum Gasteiger partial charge on any atom is -0.459 e. The van der Waals surface area contributed by atoms with Crippen LogP contribution in [0.5, 0.6) is 0 Å². The van der Waals surface area contributed by atoms with E-state index in [0.717, 1.165) is 16.3 Å². The quantitative estimate of drug-likeness (QED) is 0.724. The fourth-order valence-corrected chi connectivity index (χ4v) is 3.36. The number of hydrogen-bond acceptors (Lipinski definition) is 3. The smallest absolute Gasteiger partial charge is 0.239 e. The lowest BCUT2D eigenvalue weighted by Gasteiger charge is -2.41. The first kappa shape index (κ1) is 18.9. The Balaban J connectivity index is 2.04. The van der Waals surface area contributed by atoms with E-state index in [4.69, 9.17) is 14.2 Å². The lowest BCUT2D eigenvalue weighted by molar-refractivity contribution is -0.245. The zero-order valence-corrected chi connectivity index (χ0v) is 16.1. The van der Waals surface area contributed by atoms with Crippen LogP contribution in [-0.4, -0.2) is 25.0 Å². The summed E-state index contributed by atoms with van der Waals surface area (Å²) in [6.07, 6.45) is 0.642. The second-order valence-corrected chi connectivity index (χ2v) is 7.78. The van der Waals surface area contributed by atoms with Crippen LogP contribution in [0.2, 0.25) is 0 Å². The van der Waals surface area contributed by atoms with E-state index >= 15 is 0 Å². The molecule has 3 nitrogen and oxygen atoms in total. The minimum absolute atomic E-state index is 0.250. The van der Waals surface area contributed by atoms with Crippen molar-refractivity contribution in [1.82, 2.24) is 0 Å². The van der Waals surface area contributed by atoms with Gasteiger partial charge >= 0.3 is 0 Å². The van der Waals surface area contributed by atoms with Crippen LogP contribution in [-0.2, 0) is 20.0 Å². The van der Waals surface area contributed by atoms with E-state index in [9.17, 15) is 4.39 Å². The summed E-state index contributed by atoms with van der Waals surface area (Å²) in [7, 11) is 1.59. The van der Waals surface area contributed by atoms with Crippen LogP contribution >= 0.6 is 0 Å². The van der Waals surface area contributed by atoms with Gasteiger partial charge in [-0.3, -0.25) is 0 Å². The third-order valence-corrected chi connectivity index (χ3v) is 4.52. The van der Waals surface area contributed by atoms with Crippen LogP contribution in [0.25, 0.3) is 10.8 Å². The normalized spacial score (nSPS) is 24.8. The van der Waals surface area contributed by atoms with Gasteiger partial charge in [0, 0.05) is 19.1 Å². The van der Waals surface area contributed by atoms with Crippen LogP contribution in [0.1, 0.15) is 39.7 Å². The number of rotatable bonds is 4. The average molecular weight is 358 g/mol. The lowest BCUT2D eigenvalue weighted by atomic mass is 9.93. The van der Waals surface area contributed by atoms with Crippen molar-refractivity contribution in [3.05, 3.63) is 59.9 Å². The van der Waals surface area contributed by atoms with Crippen LogP contribution in [0, 0.1) is 0 Å². The second-order valence-electron chi connectivity index (χ2n) is 7.78. The molecule has 0 saturated carbocycles. The summed E-state index contributed by atoms with van der Waals surface area (Å²) in [6.45, 7) is 7.42. The van der Waals surface area contributed by atoms with Crippen LogP contribution < -0.4 is 0 Å². The SMILES string of the molecule is CO[C@@]1(c2ccc3ccccc3c2)C[C@H](OC(C)(C)C)C=C(C(C)F)O1. The van der Waals surface area contributed by atoms with Crippen molar-refractivity contribution < 1.29 is 18.6 Å². The Morgan fingerprint density at radius 2 is 1.85 bits per heavy atom. The number of fused-ring (bicyclic) bond motifs is 1. The molecule has 2 aromatic rings. The zero-order valence-electron chi connectivity index (χ0n) is 16.1. The van der Waals surface area contributed by atoms with Crippen molar-refractivity contribution in [3.8, 4) is 0 Å². The first-order valence-electron chi connectivity index (χ1n) is 8.99. The number of methoxy groups -OCH3 is 1. The lowest BCUT2D eigenvalue weighted by Crippen LogP contribution is -2.42. The second kappa shape index (κ2) is 7.01. The number of alkyl halides is 1. The molecule has 0 N–H and O–H groups in total. The van der Waals surface area contributed by atoms with Gasteiger partial charge in [-0.25, -0.2) is 4.39 Å². The van der Waals surface area contributed by atoms with Gasteiger partial charge in [0.25, 0.3) is 0 Å². The van der Waals surface area contributed by atoms with Crippen molar-refractivity contribution >= 4 is 10.8 Å². The molecule has 1 aliphatic heterocycles. The number of ether oxygens (including phenoxy) is 3. The van der Waals surface area contributed by atoms with E-state index in [2.05, 4.69) is 6.07 Å². The maximum atomic E-state index is 14.1. The summed E-state index contributed by atoms with van der Waals surface area (Å²) in [6, 6.07) is 14.2. The van der Waals surface area contributed by atoms with Crippen molar-refractivity contribution in [3.63, 3.8) is 0 Å². The number of allylic oxidation sites excluding steroid dienone is 1. The van der Waals surface area contributed by atoms with Gasteiger partial charge in [-0.2, -0.15) is 0 Å². The minimum atomic E-state index is -1.24. The predicted octanol–water partition coefficient (Wildman–Crippen LogP) is 5.48. The fraction of sp³-hybridized carbons (Fsp3) is 0.455. The summed E-state index contributed by atoms with van der Waals surface area (Å²) in [5, 5.41) is 2.22. The molecule has 1 heterocycles. The van der Waals surface area contributed by atoms with Crippen LogP contribution in [0.15, 0.2) is 54.3 Å².